The molecule has 0 saturated carbocycles. The van der Waals surface area contributed by atoms with Crippen LogP contribution in [-0.2, 0) is 6.42 Å². The Bertz CT molecular complexity index is 420. The molecule has 1 aliphatic rings. The van der Waals surface area contributed by atoms with E-state index in [1.807, 2.05) is 6.07 Å². The number of fused-ring (bicyclic) bond motifs is 1. The Hall–Kier alpha value is -0.870. The lowest BCUT2D eigenvalue weighted by molar-refractivity contribution is 0.383. The summed E-state index contributed by atoms with van der Waals surface area (Å²) in [6.07, 6.45) is 1.96. The normalized spacial score (nSPS) is 17.5. The van der Waals surface area contributed by atoms with Gasteiger partial charge in [-0.3, -0.25) is 0 Å². The van der Waals surface area contributed by atoms with E-state index < -0.39 is 0 Å². The van der Waals surface area contributed by atoms with Gasteiger partial charge in [-0.15, -0.1) is 11.8 Å². The summed E-state index contributed by atoms with van der Waals surface area (Å²) >= 11 is 1.68. The minimum absolute atomic E-state index is 0.344. The number of hydrogen-bond acceptors (Lipinski definition) is 4. The Morgan fingerprint density at radius 2 is 2.35 bits per heavy atom. The fraction of sp³-hybridized carbons (Fsp3) is 0.538. The maximum Gasteiger partial charge on any atom is 0.132 e. The van der Waals surface area contributed by atoms with E-state index in [4.69, 9.17) is 10.5 Å². The van der Waals surface area contributed by atoms with Crippen molar-refractivity contribution in [3.05, 3.63) is 17.2 Å². The average Bonchev–Trinajstić information content (AvgIpc) is 2.30. The largest absolute Gasteiger partial charge is 0.506 e. The molecule has 0 saturated heterocycles. The highest BCUT2D eigenvalue weighted by molar-refractivity contribution is 7.99. The lowest BCUT2D eigenvalue weighted by atomic mass is 9.76. The van der Waals surface area contributed by atoms with Crippen molar-refractivity contribution < 1.29 is 9.84 Å². The van der Waals surface area contributed by atoms with Crippen LogP contribution in [0.25, 0.3) is 0 Å². The van der Waals surface area contributed by atoms with E-state index >= 15 is 0 Å². The van der Waals surface area contributed by atoms with Gasteiger partial charge in [-0.25, -0.2) is 0 Å². The Kier molecular flexibility index (Phi) is 3.84. The number of phenols is 1. The standard InChI is InChI=1S/C13H19NO2S/c1-3-4-17-11-6-10(16-2)12-8(7-14)5-9(12)13(11)15/h6,8,15H,3-5,7,14H2,1-2H3. The lowest BCUT2D eigenvalue weighted by Gasteiger charge is -2.32. The second-order valence-electron chi connectivity index (χ2n) is 4.30. The van der Waals surface area contributed by atoms with Crippen molar-refractivity contribution in [3.8, 4) is 11.5 Å². The molecule has 1 aliphatic carbocycles. The monoisotopic (exact) mass is 253 g/mol. The van der Waals surface area contributed by atoms with Gasteiger partial charge in [-0.05, 0) is 31.2 Å². The summed E-state index contributed by atoms with van der Waals surface area (Å²) in [4.78, 5) is 0.929. The Morgan fingerprint density at radius 3 is 2.94 bits per heavy atom. The van der Waals surface area contributed by atoms with Crippen LogP contribution in [0.15, 0.2) is 11.0 Å². The van der Waals surface area contributed by atoms with Crippen LogP contribution in [0.1, 0.15) is 30.4 Å². The number of methoxy groups -OCH3 is 1. The van der Waals surface area contributed by atoms with Crippen molar-refractivity contribution in [3.63, 3.8) is 0 Å². The van der Waals surface area contributed by atoms with Gasteiger partial charge in [0.15, 0.2) is 0 Å². The zero-order valence-corrected chi connectivity index (χ0v) is 11.1. The first-order chi connectivity index (χ1) is 8.22. The van der Waals surface area contributed by atoms with Crippen molar-refractivity contribution in [2.75, 3.05) is 19.4 Å². The van der Waals surface area contributed by atoms with Gasteiger partial charge in [0.2, 0.25) is 0 Å². The molecule has 3 N–H and O–H groups in total. The number of aromatic hydroxyl groups is 1. The van der Waals surface area contributed by atoms with Gasteiger partial charge >= 0.3 is 0 Å². The summed E-state index contributed by atoms with van der Waals surface area (Å²) < 4.78 is 5.40. The molecule has 1 unspecified atom stereocenters. The minimum Gasteiger partial charge on any atom is -0.506 e. The van der Waals surface area contributed by atoms with Gasteiger partial charge in [0, 0.05) is 17.0 Å². The highest BCUT2D eigenvalue weighted by Gasteiger charge is 2.33. The fourth-order valence-electron chi connectivity index (χ4n) is 2.25. The zero-order valence-electron chi connectivity index (χ0n) is 10.3. The molecule has 0 bridgehead atoms. The van der Waals surface area contributed by atoms with Crippen LogP contribution in [0.2, 0.25) is 0 Å². The molecule has 0 heterocycles. The van der Waals surface area contributed by atoms with Crippen molar-refractivity contribution in [1.82, 2.24) is 0 Å². The van der Waals surface area contributed by atoms with Gasteiger partial charge in [0.1, 0.15) is 11.5 Å². The molecule has 1 aromatic carbocycles. The van der Waals surface area contributed by atoms with Crippen LogP contribution < -0.4 is 10.5 Å². The molecule has 17 heavy (non-hydrogen) atoms. The highest BCUT2D eigenvalue weighted by atomic mass is 32.2. The molecule has 0 aliphatic heterocycles. The van der Waals surface area contributed by atoms with Crippen molar-refractivity contribution in [2.45, 2.75) is 30.6 Å². The molecule has 1 atom stereocenters. The first-order valence-electron chi connectivity index (χ1n) is 5.98. The van der Waals surface area contributed by atoms with E-state index in [2.05, 4.69) is 6.92 Å². The fourth-order valence-corrected chi connectivity index (χ4v) is 3.13. The number of thioether (sulfide) groups is 1. The summed E-state index contributed by atoms with van der Waals surface area (Å²) in [6.45, 7) is 2.75. The molecular formula is C13H19NO2S. The molecular weight excluding hydrogens is 234 g/mol. The molecule has 1 aromatic rings. The van der Waals surface area contributed by atoms with E-state index in [9.17, 15) is 5.11 Å². The van der Waals surface area contributed by atoms with Crippen molar-refractivity contribution >= 4 is 11.8 Å². The van der Waals surface area contributed by atoms with Crippen LogP contribution in [0, 0.1) is 0 Å². The molecule has 0 amide bonds. The van der Waals surface area contributed by atoms with Crippen LogP contribution >= 0.6 is 11.8 Å². The van der Waals surface area contributed by atoms with E-state index in [0.717, 1.165) is 40.4 Å². The maximum atomic E-state index is 10.2. The quantitative estimate of drug-likeness (QED) is 0.792. The van der Waals surface area contributed by atoms with E-state index in [-0.39, 0.29) is 0 Å². The smallest absolute Gasteiger partial charge is 0.132 e. The van der Waals surface area contributed by atoms with Crippen LogP contribution in [0.4, 0.5) is 0 Å². The number of hydrogen-bond donors (Lipinski definition) is 2. The lowest BCUT2D eigenvalue weighted by Crippen LogP contribution is -2.25. The summed E-state index contributed by atoms with van der Waals surface area (Å²) in [7, 11) is 1.67. The number of benzene rings is 1. The Labute approximate surface area is 106 Å². The third kappa shape index (κ3) is 2.11. The number of nitrogens with two attached hydrogens (primary N) is 1. The van der Waals surface area contributed by atoms with E-state index in [1.165, 1.54) is 0 Å². The minimum atomic E-state index is 0.344. The molecule has 0 fully saturated rings. The summed E-state index contributed by atoms with van der Waals surface area (Å²) in [5.41, 5.74) is 7.83. The zero-order chi connectivity index (χ0) is 12.4. The van der Waals surface area contributed by atoms with Crippen molar-refractivity contribution in [2.24, 2.45) is 5.73 Å². The van der Waals surface area contributed by atoms with Gasteiger partial charge in [0.25, 0.3) is 0 Å². The van der Waals surface area contributed by atoms with Gasteiger partial charge in [-0.2, -0.15) is 0 Å². The van der Waals surface area contributed by atoms with Crippen LogP contribution in [0.3, 0.4) is 0 Å². The summed E-state index contributed by atoms with van der Waals surface area (Å²) in [5.74, 6) is 2.66. The van der Waals surface area contributed by atoms with E-state index in [0.29, 0.717) is 18.2 Å². The second-order valence-corrected chi connectivity index (χ2v) is 5.44. The summed E-state index contributed by atoms with van der Waals surface area (Å²) in [6, 6.07) is 1.94. The number of ether oxygens (including phenoxy) is 1. The molecule has 2 rings (SSSR count). The molecule has 3 nitrogen and oxygen atoms in total. The SMILES string of the molecule is CCCSc1cc(OC)c2c(c1O)CC2CN. The molecule has 94 valence electrons. The summed E-state index contributed by atoms with van der Waals surface area (Å²) in [5, 5.41) is 10.2. The van der Waals surface area contributed by atoms with Gasteiger partial charge in [0.05, 0.1) is 12.0 Å². The first kappa shape index (κ1) is 12.6. The van der Waals surface area contributed by atoms with Crippen LogP contribution in [0.5, 0.6) is 11.5 Å². The van der Waals surface area contributed by atoms with Crippen LogP contribution in [-0.4, -0.2) is 24.5 Å². The predicted molar refractivity (Wildman–Crippen MR) is 71.2 cm³/mol. The molecule has 0 aromatic heterocycles. The predicted octanol–water partition coefficient (Wildman–Crippen LogP) is 2.50. The third-order valence-corrected chi connectivity index (χ3v) is 4.43. The topological polar surface area (TPSA) is 55.5 Å². The third-order valence-electron chi connectivity index (χ3n) is 3.20. The Balaban J connectivity index is 2.36. The van der Waals surface area contributed by atoms with Gasteiger partial charge < -0.3 is 15.6 Å². The first-order valence-corrected chi connectivity index (χ1v) is 6.97. The van der Waals surface area contributed by atoms with Crippen molar-refractivity contribution in [1.29, 1.82) is 0 Å². The highest BCUT2D eigenvalue weighted by Crippen LogP contribution is 2.49. The molecule has 0 radical (unpaired) electrons. The maximum absolute atomic E-state index is 10.2. The average molecular weight is 253 g/mol. The number of rotatable bonds is 5. The number of phenolic OH excluding ortho intramolecular Hbond substituents is 1. The molecule has 4 heteroatoms. The van der Waals surface area contributed by atoms with Gasteiger partial charge in [-0.1, -0.05) is 6.92 Å². The van der Waals surface area contributed by atoms with E-state index in [1.54, 1.807) is 18.9 Å². The molecule has 0 spiro atoms. The second kappa shape index (κ2) is 5.19. The Morgan fingerprint density at radius 1 is 1.59 bits per heavy atom.